The molecule has 4 heteroatoms. The van der Waals surface area contributed by atoms with E-state index in [9.17, 15) is 10.4 Å². The van der Waals surface area contributed by atoms with Crippen molar-refractivity contribution in [3.05, 3.63) is 88.5 Å². The van der Waals surface area contributed by atoms with Gasteiger partial charge in [-0.3, -0.25) is 0 Å². The van der Waals surface area contributed by atoms with Crippen molar-refractivity contribution in [3.8, 4) is 11.8 Å². The fourth-order valence-corrected chi connectivity index (χ4v) is 4.02. The van der Waals surface area contributed by atoms with Crippen LogP contribution in [0.4, 0.5) is 0 Å². The molecule has 2 N–H and O–H groups in total. The minimum Gasteiger partial charge on any atom is -0.508 e. The molecule has 130 valence electrons. The third-order valence-corrected chi connectivity index (χ3v) is 5.30. The van der Waals surface area contributed by atoms with Crippen LogP contribution in [0, 0.1) is 18.3 Å². The summed E-state index contributed by atoms with van der Waals surface area (Å²) in [5.74, 6) is 0.779. The summed E-state index contributed by atoms with van der Waals surface area (Å²) >= 11 is 0. The van der Waals surface area contributed by atoms with Gasteiger partial charge < -0.3 is 14.5 Å². The SMILES string of the molecule is Cc1cc(O)cc2c1CC(c1ccc3[nH]ccc3c1)=C2c1occc1C#N. The molecule has 27 heavy (non-hydrogen) atoms. The number of rotatable bonds is 2. The highest BCUT2D eigenvalue weighted by atomic mass is 16.3. The highest BCUT2D eigenvalue weighted by molar-refractivity contribution is 6.05. The molecule has 0 saturated heterocycles. The lowest BCUT2D eigenvalue weighted by Crippen LogP contribution is -1.91. The van der Waals surface area contributed by atoms with E-state index in [1.54, 1.807) is 24.5 Å². The summed E-state index contributed by atoms with van der Waals surface area (Å²) < 4.78 is 5.73. The van der Waals surface area contributed by atoms with Crippen LogP contribution in [0.1, 0.15) is 33.6 Å². The second-order valence-electron chi connectivity index (χ2n) is 6.87. The van der Waals surface area contributed by atoms with E-state index in [-0.39, 0.29) is 5.75 Å². The number of phenolic OH excluding ortho intramolecular Hbond substituents is 1. The van der Waals surface area contributed by atoms with Gasteiger partial charge >= 0.3 is 0 Å². The number of furan rings is 1. The first kappa shape index (κ1) is 15.5. The molecular formula is C23H16N2O2. The zero-order valence-electron chi connectivity index (χ0n) is 14.7. The summed E-state index contributed by atoms with van der Waals surface area (Å²) in [5.41, 5.74) is 7.79. The quantitative estimate of drug-likeness (QED) is 0.523. The van der Waals surface area contributed by atoms with Crippen molar-refractivity contribution in [2.24, 2.45) is 0 Å². The number of aromatic nitrogens is 1. The molecule has 0 radical (unpaired) electrons. The van der Waals surface area contributed by atoms with E-state index in [4.69, 9.17) is 4.42 Å². The van der Waals surface area contributed by atoms with Gasteiger partial charge in [0, 0.05) is 17.3 Å². The van der Waals surface area contributed by atoms with Crippen LogP contribution in [0.5, 0.6) is 5.75 Å². The first-order chi connectivity index (χ1) is 13.2. The predicted octanol–water partition coefficient (Wildman–Crippen LogP) is 5.16. The van der Waals surface area contributed by atoms with Crippen molar-refractivity contribution in [2.45, 2.75) is 13.3 Å². The molecule has 0 amide bonds. The van der Waals surface area contributed by atoms with E-state index >= 15 is 0 Å². The molecule has 1 aliphatic rings. The second kappa shape index (κ2) is 5.65. The molecule has 4 aromatic rings. The minimum absolute atomic E-state index is 0.219. The van der Waals surface area contributed by atoms with E-state index < -0.39 is 0 Å². The van der Waals surface area contributed by atoms with Gasteiger partial charge in [-0.15, -0.1) is 0 Å². The predicted molar refractivity (Wildman–Crippen MR) is 104 cm³/mol. The normalized spacial score (nSPS) is 13.2. The first-order valence-corrected chi connectivity index (χ1v) is 8.77. The first-order valence-electron chi connectivity index (χ1n) is 8.77. The van der Waals surface area contributed by atoms with Crippen LogP contribution in [-0.2, 0) is 6.42 Å². The van der Waals surface area contributed by atoms with Crippen LogP contribution in [0.15, 0.2) is 59.3 Å². The lowest BCUT2D eigenvalue weighted by atomic mass is 9.96. The summed E-state index contributed by atoms with van der Waals surface area (Å²) in [4.78, 5) is 3.22. The molecule has 2 heterocycles. The molecular weight excluding hydrogens is 336 g/mol. The molecule has 0 aliphatic heterocycles. The molecule has 0 unspecified atom stereocenters. The van der Waals surface area contributed by atoms with Crippen molar-refractivity contribution < 1.29 is 9.52 Å². The Labute approximate surface area is 156 Å². The number of H-pyrrole nitrogens is 1. The van der Waals surface area contributed by atoms with Crippen LogP contribution >= 0.6 is 0 Å². The Balaban J connectivity index is 1.82. The van der Waals surface area contributed by atoms with Gasteiger partial charge in [-0.2, -0.15) is 5.26 Å². The Bertz CT molecular complexity index is 1280. The highest BCUT2D eigenvalue weighted by Crippen LogP contribution is 2.46. The van der Waals surface area contributed by atoms with Crippen molar-refractivity contribution in [1.29, 1.82) is 5.26 Å². The largest absolute Gasteiger partial charge is 0.508 e. The van der Waals surface area contributed by atoms with Crippen LogP contribution in [-0.4, -0.2) is 10.1 Å². The fraction of sp³-hybridized carbons (Fsp3) is 0.0870. The van der Waals surface area contributed by atoms with Crippen LogP contribution in [0.2, 0.25) is 0 Å². The maximum absolute atomic E-state index is 10.2. The smallest absolute Gasteiger partial charge is 0.152 e. The third-order valence-electron chi connectivity index (χ3n) is 5.30. The topological polar surface area (TPSA) is 72.9 Å². The Kier molecular flexibility index (Phi) is 3.25. The lowest BCUT2D eigenvalue weighted by Gasteiger charge is -2.08. The summed E-state index contributed by atoms with van der Waals surface area (Å²) in [5, 5.41) is 20.8. The number of aryl methyl sites for hydroxylation is 1. The molecule has 0 bridgehead atoms. The maximum atomic E-state index is 10.2. The summed E-state index contributed by atoms with van der Waals surface area (Å²) in [6, 6.07) is 15.8. The monoisotopic (exact) mass is 352 g/mol. The summed E-state index contributed by atoms with van der Waals surface area (Å²) in [7, 11) is 0. The fourth-order valence-electron chi connectivity index (χ4n) is 4.02. The molecule has 1 aliphatic carbocycles. The molecule has 0 spiro atoms. The molecule has 4 nitrogen and oxygen atoms in total. The van der Waals surface area contributed by atoms with Gasteiger partial charge in [0.1, 0.15) is 11.8 Å². The average molecular weight is 352 g/mol. The molecule has 0 saturated carbocycles. The standard InChI is InChI=1S/C23H16N2O2/c1-13-8-17(26)10-20-18(13)11-19(22(20)23-16(12-24)5-7-27-23)14-2-3-21-15(9-14)4-6-25-21/h2-10,25-26H,11H2,1H3. The highest BCUT2D eigenvalue weighted by Gasteiger charge is 2.29. The van der Waals surface area contributed by atoms with Gasteiger partial charge in [0.05, 0.1) is 11.8 Å². The zero-order valence-corrected chi connectivity index (χ0v) is 14.7. The summed E-state index contributed by atoms with van der Waals surface area (Å²) in [6.07, 6.45) is 4.20. The van der Waals surface area contributed by atoms with Crippen LogP contribution in [0.25, 0.3) is 22.0 Å². The molecule has 0 fully saturated rings. The minimum atomic E-state index is 0.219. The average Bonchev–Trinajstić information content (AvgIpc) is 3.37. The van der Waals surface area contributed by atoms with Crippen molar-refractivity contribution >= 4 is 22.0 Å². The van der Waals surface area contributed by atoms with E-state index in [0.717, 1.165) is 50.7 Å². The van der Waals surface area contributed by atoms with Gasteiger partial charge in [-0.05, 0) is 83.0 Å². The molecule has 2 aromatic heterocycles. The van der Waals surface area contributed by atoms with Crippen LogP contribution < -0.4 is 0 Å². The Hall–Kier alpha value is -3.71. The number of nitrogens with zero attached hydrogens (tertiary/aromatic N) is 1. The van der Waals surface area contributed by atoms with Crippen molar-refractivity contribution in [1.82, 2.24) is 4.98 Å². The van der Waals surface area contributed by atoms with Gasteiger partial charge in [-0.1, -0.05) is 6.07 Å². The maximum Gasteiger partial charge on any atom is 0.152 e. The number of hydrogen-bond acceptors (Lipinski definition) is 3. The number of allylic oxidation sites excluding steroid dienone is 1. The third kappa shape index (κ3) is 2.29. The number of nitrogens with one attached hydrogen (secondary N) is 1. The van der Waals surface area contributed by atoms with E-state index in [0.29, 0.717) is 11.3 Å². The van der Waals surface area contributed by atoms with Gasteiger partial charge in [0.2, 0.25) is 0 Å². The van der Waals surface area contributed by atoms with E-state index in [1.807, 2.05) is 19.2 Å². The number of hydrogen-bond donors (Lipinski definition) is 2. The zero-order chi connectivity index (χ0) is 18.5. The Morgan fingerprint density at radius 1 is 1.15 bits per heavy atom. The molecule has 0 atom stereocenters. The number of fused-ring (bicyclic) bond motifs is 2. The van der Waals surface area contributed by atoms with Crippen molar-refractivity contribution in [3.63, 3.8) is 0 Å². The Morgan fingerprint density at radius 3 is 2.89 bits per heavy atom. The number of nitriles is 1. The second-order valence-corrected chi connectivity index (χ2v) is 6.87. The van der Waals surface area contributed by atoms with Crippen LogP contribution in [0.3, 0.4) is 0 Å². The number of aromatic amines is 1. The van der Waals surface area contributed by atoms with Gasteiger partial charge in [-0.25, -0.2) is 0 Å². The Morgan fingerprint density at radius 2 is 2.04 bits per heavy atom. The van der Waals surface area contributed by atoms with Gasteiger partial charge in [0.15, 0.2) is 5.76 Å². The van der Waals surface area contributed by atoms with Gasteiger partial charge in [0.25, 0.3) is 0 Å². The van der Waals surface area contributed by atoms with Crippen molar-refractivity contribution in [2.75, 3.05) is 0 Å². The van der Waals surface area contributed by atoms with E-state index in [1.165, 1.54) is 0 Å². The number of phenols is 1. The number of benzene rings is 2. The summed E-state index contributed by atoms with van der Waals surface area (Å²) in [6.45, 7) is 2.00. The lowest BCUT2D eigenvalue weighted by molar-refractivity contribution is 0.474. The molecule has 5 rings (SSSR count). The molecule has 2 aromatic carbocycles. The number of aromatic hydroxyl groups is 1. The van der Waals surface area contributed by atoms with E-state index in [2.05, 4.69) is 29.3 Å².